The van der Waals surface area contributed by atoms with E-state index in [1.165, 1.54) is 5.56 Å². The number of rotatable bonds is 5. The molecule has 1 aliphatic rings. The Balaban J connectivity index is 1.62. The molecule has 5 nitrogen and oxygen atoms in total. The van der Waals surface area contributed by atoms with E-state index in [0.29, 0.717) is 37.2 Å². The molecule has 1 aliphatic heterocycles. The van der Waals surface area contributed by atoms with Crippen molar-refractivity contribution in [2.45, 2.75) is 39.7 Å². The maximum atomic E-state index is 12.5. The van der Waals surface area contributed by atoms with Crippen molar-refractivity contribution < 1.29 is 9.53 Å². The second kappa shape index (κ2) is 7.07. The third-order valence-corrected chi connectivity index (χ3v) is 4.43. The molecule has 2 aromatic rings. The van der Waals surface area contributed by atoms with E-state index in [1.54, 1.807) is 4.68 Å². The number of amides is 1. The first-order valence-electron chi connectivity index (χ1n) is 8.65. The van der Waals surface area contributed by atoms with Gasteiger partial charge in [-0.2, -0.15) is 5.10 Å². The number of nitrogens with one attached hydrogen (secondary N) is 1. The van der Waals surface area contributed by atoms with Crippen LogP contribution < -0.4 is 10.1 Å². The van der Waals surface area contributed by atoms with Crippen LogP contribution in [0.1, 0.15) is 48.4 Å². The highest BCUT2D eigenvalue weighted by Gasteiger charge is 2.21. The van der Waals surface area contributed by atoms with Gasteiger partial charge in [0, 0.05) is 19.0 Å². The van der Waals surface area contributed by atoms with Crippen molar-refractivity contribution in [3.63, 3.8) is 0 Å². The molecule has 5 heteroatoms. The minimum Gasteiger partial charge on any atom is -0.493 e. The Bertz CT molecular complexity index is 721. The number of carbonyl (C=O) groups is 1. The fourth-order valence-electron chi connectivity index (χ4n) is 2.99. The Labute approximate surface area is 143 Å². The zero-order valence-electron chi connectivity index (χ0n) is 14.6. The number of para-hydroxylation sites is 1. The molecular formula is C19H25N3O2. The SMILES string of the molecule is CCn1nc(C(C)C)cc1C(=O)NC[C@@H]1COc2ccccc2C1. The highest BCUT2D eigenvalue weighted by atomic mass is 16.5. The molecule has 3 rings (SSSR count). The first-order chi connectivity index (χ1) is 11.6. The average Bonchev–Trinajstić information content (AvgIpc) is 3.04. The highest BCUT2D eigenvalue weighted by Crippen LogP contribution is 2.26. The van der Waals surface area contributed by atoms with E-state index in [-0.39, 0.29) is 5.91 Å². The van der Waals surface area contributed by atoms with Crippen LogP contribution in [0.5, 0.6) is 5.75 Å². The number of benzene rings is 1. The lowest BCUT2D eigenvalue weighted by Crippen LogP contribution is -2.35. The predicted octanol–water partition coefficient (Wildman–Crippen LogP) is 3.01. The summed E-state index contributed by atoms with van der Waals surface area (Å²) in [6.45, 7) is 8.11. The van der Waals surface area contributed by atoms with E-state index in [1.807, 2.05) is 31.2 Å². The van der Waals surface area contributed by atoms with Crippen LogP contribution in [0.2, 0.25) is 0 Å². The molecule has 24 heavy (non-hydrogen) atoms. The lowest BCUT2D eigenvalue weighted by Gasteiger charge is -2.25. The Morgan fingerprint density at radius 1 is 1.42 bits per heavy atom. The molecule has 1 atom stereocenters. The van der Waals surface area contributed by atoms with Gasteiger partial charge in [-0.05, 0) is 37.0 Å². The number of carbonyl (C=O) groups excluding carboxylic acids is 1. The van der Waals surface area contributed by atoms with Crippen molar-refractivity contribution in [3.8, 4) is 5.75 Å². The molecule has 1 aromatic carbocycles. The second-order valence-corrected chi connectivity index (χ2v) is 6.62. The van der Waals surface area contributed by atoms with E-state index in [9.17, 15) is 4.79 Å². The van der Waals surface area contributed by atoms with E-state index in [4.69, 9.17) is 4.74 Å². The normalized spacial score (nSPS) is 16.6. The fraction of sp³-hybridized carbons (Fsp3) is 0.474. The summed E-state index contributed by atoms with van der Waals surface area (Å²) in [6, 6.07) is 9.99. The quantitative estimate of drug-likeness (QED) is 0.918. The van der Waals surface area contributed by atoms with Crippen molar-refractivity contribution in [1.29, 1.82) is 0 Å². The molecule has 0 saturated heterocycles. The van der Waals surface area contributed by atoms with Gasteiger partial charge in [-0.3, -0.25) is 9.48 Å². The van der Waals surface area contributed by atoms with Gasteiger partial charge in [0.05, 0.1) is 12.3 Å². The standard InChI is InChI=1S/C19H25N3O2/c1-4-22-17(10-16(21-22)13(2)3)19(23)20-11-14-9-15-7-5-6-8-18(15)24-12-14/h5-8,10,13-14H,4,9,11-12H2,1-3H3,(H,20,23)/t14-/m1/s1. The van der Waals surface area contributed by atoms with E-state index >= 15 is 0 Å². The van der Waals surface area contributed by atoms with Crippen molar-refractivity contribution in [1.82, 2.24) is 15.1 Å². The summed E-state index contributed by atoms with van der Waals surface area (Å²) in [6.07, 6.45) is 0.931. The summed E-state index contributed by atoms with van der Waals surface area (Å²) in [5.74, 6) is 1.51. The summed E-state index contributed by atoms with van der Waals surface area (Å²) < 4.78 is 7.56. The summed E-state index contributed by atoms with van der Waals surface area (Å²) in [4.78, 5) is 12.5. The molecule has 2 heterocycles. The number of aromatic nitrogens is 2. The molecule has 0 saturated carbocycles. The second-order valence-electron chi connectivity index (χ2n) is 6.62. The molecule has 1 N–H and O–H groups in total. The van der Waals surface area contributed by atoms with E-state index in [0.717, 1.165) is 17.9 Å². The minimum atomic E-state index is -0.0601. The van der Waals surface area contributed by atoms with Gasteiger partial charge in [0.1, 0.15) is 11.4 Å². The molecular weight excluding hydrogens is 302 g/mol. The van der Waals surface area contributed by atoms with Crippen LogP contribution in [0.25, 0.3) is 0 Å². The zero-order chi connectivity index (χ0) is 17.1. The number of nitrogens with zero attached hydrogens (tertiary/aromatic N) is 2. The van der Waals surface area contributed by atoms with Crippen molar-refractivity contribution in [2.24, 2.45) is 5.92 Å². The van der Waals surface area contributed by atoms with Gasteiger partial charge in [0.2, 0.25) is 0 Å². The Kier molecular flexibility index (Phi) is 4.88. The third kappa shape index (κ3) is 3.45. The van der Waals surface area contributed by atoms with Gasteiger partial charge in [-0.15, -0.1) is 0 Å². The molecule has 0 aliphatic carbocycles. The molecule has 0 spiro atoms. The van der Waals surface area contributed by atoms with Gasteiger partial charge in [0.25, 0.3) is 5.91 Å². The van der Waals surface area contributed by atoms with Crippen molar-refractivity contribution in [3.05, 3.63) is 47.3 Å². The fourth-order valence-corrected chi connectivity index (χ4v) is 2.99. The van der Waals surface area contributed by atoms with Gasteiger partial charge < -0.3 is 10.1 Å². The lowest BCUT2D eigenvalue weighted by atomic mass is 9.97. The molecule has 0 unspecified atom stereocenters. The van der Waals surface area contributed by atoms with Crippen molar-refractivity contribution in [2.75, 3.05) is 13.2 Å². The van der Waals surface area contributed by atoms with Crippen LogP contribution in [0.4, 0.5) is 0 Å². The Morgan fingerprint density at radius 2 is 2.21 bits per heavy atom. The van der Waals surface area contributed by atoms with Gasteiger partial charge >= 0.3 is 0 Å². The van der Waals surface area contributed by atoms with Gasteiger partial charge in [-0.1, -0.05) is 32.0 Å². The molecule has 128 valence electrons. The first-order valence-corrected chi connectivity index (χ1v) is 8.65. The van der Waals surface area contributed by atoms with Crippen LogP contribution >= 0.6 is 0 Å². The monoisotopic (exact) mass is 327 g/mol. The zero-order valence-corrected chi connectivity index (χ0v) is 14.6. The van der Waals surface area contributed by atoms with E-state index < -0.39 is 0 Å². The largest absolute Gasteiger partial charge is 0.493 e. The molecule has 1 amide bonds. The maximum Gasteiger partial charge on any atom is 0.269 e. The Morgan fingerprint density at radius 3 is 2.96 bits per heavy atom. The number of hydrogen-bond donors (Lipinski definition) is 1. The van der Waals surface area contributed by atoms with Crippen LogP contribution in [-0.4, -0.2) is 28.8 Å². The average molecular weight is 327 g/mol. The topological polar surface area (TPSA) is 56.2 Å². The summed E-state index contributed by atoms with van der Waals surface area (Å²) in [5.41, 5.74) is 2.80. The predicted molar refractivity (Wildman–Crippen MR) is 93.5 cm³/mol. The molecule has 0 bridgehead atoms. The number of hydrogen-bond acceptors (Lipinski definition) is 3. The van der Waals surface area contributed by atoms with Crippen LogP contribution in [0.15, 0.2) is 30.3 Å². The van der Waals surface area contributed by atoms with Gasteiger partial charge in [0.15, 0.2) is 0 Å². The number of fused-ring (bicyclic) bond motifs is 1. The third-order valence-electron chi connectivity index (χ3n) is 4.43. The highest BCUT2D eigenvalue weighted by molar-refractivity contribution is 5.92. The molecule has 0 fully saturated rings. The maximum absolute atomic E-state index is 12.5. The minimum absolute atomic E-state index is 0.0601. The summed E-state index contributed by atoms with van der Waals surface area (Å²) >= 11 is 0. The van der Waals surface area contributed by atoms with Crippen LogP contribution in [0, 0.1) is 5.92 Å². The van der Waals surface area contributed by atoms with Crippen LogP contribution in [0.3, 0.4) is 0 Å². The Hall–Kier alpha value is -2.30. The number of aryl methyl sites for hydroxylation is 1. The van der Waals surface area contributed by atoms with Crippen LogP contribution in [-0.2, 0) is 13.0 Å². The lowest BCUT2D eigenvalue weighted by molar-refractivity contribution is 0.0928. The van der Waals surface area contributed by atoms with Crippen molar-refractivity contribution >= 4 is 5.91 Å². The first kappa shape index (κ1) is 16.6. The summed E-state index contributed by atoms with van der Waals surface area (Å²) in [5, 5.41) is 7.55. The smallest absolute Gasteiger partial charge is 0.269 e. The van der Waals surface area contributed by atoms with E-state index in [2.05, 4.69) is 30.3 Å². The molecule has 1 aromatic heterocycles. The number of ether oxygens (including phenoxy) is 1. The molecule has 0 radical (unpaired) electrons. The summed E-state index contributed by atoms with van der Waals surface area (Å²) in [7, 11) is 0. The van der Waals surface area contributed by atoms with Gasteiger partial charge in [-0.25, -0.2) is 0 Å².